The first-order valence-corrected chi connectivity index (χ1v) is 9.54. The summed E-state index contributed by atoms with van der Waals surface area (Å²) in [4.78, 5) is 27.0. The third-order valence-electron chi connectivity index (χ3n) is 4.37. The van der Waals surface area contributed by atoms with Crippen molar-refractivity contribution in [2.24, 2.45) is 0 Å². The molecule has 0 aliphatic rings. The molecule has 2 aromatic heterocycles. The second-order valence-corrected chi connectivity index (χ2v) is 7.17. The first-order chi connectivity index (χ1) is 14.1. The second kappa shape index (κ2) is 7.72. The fraction of sp³-hybridized carbons (Fsp3) is 0.100. The van der Waals surface area contributed by atoms with Gasteiger partial charge >= 0.3 is 5.97 Å². The summed E-state index contributed by atoms with van der Waals surface area (Å²) in [7, 11) is 3.13. The Bertz CT molecular complexity index is 1160. The van der Waals surface area contributed by atoms with Crippen LogP contribution in [0.4, 0.5) is 28.1 Å². The van der Waals surface area contributed by atoms with Crippen LogP contribution in [-0.2, 0) is 4.74 Å². The zero-order valence-electron chi connectivity index (χ0n) is 15.8. The SMILES string of the molecule is COC(=O)c1ccccc1N(C)c1ncnc(Nc2nc3ccccc3s2)c1N. The summed E-state index contributed by atoms with van der Waals surface area (Å²) >= 11 is 1.51. The Labute approximate surface area is 171 Å². The average Bonchev–Trinajstić information content (AvgIpc) is 3.16. The van der Waals surface area contributed by atoms with Crippen LogP contribution in [0, 0.1) is 0 Å². The van der Waals surface area contributed by atoms with Crippen LogP contribution in [-0.4, -0.2) is 35.1 Å². The number of hydrogen-bond donors (Lipinski definition) is 2. The van der Waals surface area contributed by atoms with Gasteiger partial charge in [-0.1, -0.05) is 35.6 Å². The lowest BCUT2D eigenvalue weighted by Crippen LogP contribution is -2.18. The summed E-state index contributed by atoms with van der Waals surface area (Å²) in [6.45, 7) is 0. The number of benzene rings is 2. The number of nitrogen functional groups attached to an aromatic ring is 1. The maximum absolute atomic E-state index is 12.1. The molecule has 0 unspecified atom stereocenters. The van der Waals surface area contributed by atoms with Crippen LogP contribution in [0.25, 0.3) is 10.2 Å². The van der Waals surface area contributed by atoms with Crippen LogP contribution in [0.5, 0.6) is 0 Å². The van der Waals surface area contributed by atoms with Gasteiger partial charge in [-0.05, 0) is 24.3 Å². The Morgan fingerprint density at radius 1 is 1.14 bits per heavy atom. The minimum absolute atomic E-state index is 0.342. The van der Waals surface area contributed by atoms with Gasteiger partial charge in [0.25, 0.3) is 0 Å². The second-order valence-electron chi connectivity index (χ2n) is 6.14. The predicted molar refractivity (Wildman–Crippen MR) is 115 cm³/mol. The minimum atomic E-state index is -0.437. The Hall–Kier alpha value is -3.72. The van der Waals surface area contributed by atoms with Crippen LogP contribution in [0.1, 0.15) is 10.4 Å². The third-order valence-corrected chi connectivity index (χ3v) is 5.32. The van der Waals surface area contributed by atoms with Crippen LogP contribution < -0.4 is 16.0 Å². The molecule has 0 amide bonds. The number of hydrogen-bond acceptors (Lipinski definition) is 9. The summed E-state index contributed by atoms with van der Waals surface area (Å²) in [6, 6.07) is 15.0. The van der Waals surface area contributed by atoms with Gasteiger partial charge in [0.15, 0.2) is 16.8 Å². The normalized spacial score (nSPS) is 10.7. The number of thiazole rings is 1. The highest BCUT2D eigenvalue weighted by Gasteiger charge is 2.20. The molecular weight excluding hydrogens is 388 g/mol. The Morgan fingerprint density at radius 2 is 1.90 bits per heavy atom. The number of aromatic nitrogens is 3. The average molecular weight is 406 g/mol. The van der Waals surface area contributed by atoms with E-state index in [1.54, 1.807) is 30.1 Å². The van der Waals surface area contributed by atoms with Crippen molar-refractivity contribution in [2.45, 2.75) is 0 Å². The largest absolute Gasteiger partial charge is 0.465 e. The molecule has 0 aliphatic heterocycles. The number of para-hydroxylation sites is 2. The number of anilines is 5. The molecule has 29 heavy (non-hydrogen) atoms. The maximum Gasteiger partial charge on any atom is 0.339 e. The minimum Gasteiger partial charge on any atom is -0.465 e. The molecule has 9 heteroatoms. The fourth-order valence-corrected chi connectivity index (χ4v) is 3.81. The van der Waals surface area contributed by atoms with Crippen molar-refractivity contribution in [1.82, 2.24) is 15.0 Å². The summed E-state index contributed by atoms with van der Waals surface area (Å²) in [5, 5.41) is 3.85. The van der Waals surface area contributed by atoms with Crippen molar-refractivity contribution in [1.29, 1.82) is 0 Å². The zero-order valence-corrected chi connectivity index (χ0v) is 16.6. The Balaban J connectivity index is 1.69. The number of ether oxygens (including phenoxy) is 1. The van der Waals surface area contributed by atoms with Crippen molar-refractivity contribution in [3.8, 4) is 0 Å². The van der Waals surface area contributed by atoms with Crippen LogP contribution in [0.3, 0.4) is 0 Å². The summed E-state index contributed by atoms with van der Waals surface area (Å²) in [6.07, 6.45) is 1.42. The first-order valence-electron chi connectivity index (χ1n) is 8.72. The van der Waals surface area contributed by atoms with Gasteiger partial charge < -0.3 is 20.7 Å². The maximum atomic E-state index is 12.1. The molecule has 0 radical (unpaired) electrons. The molecule has 0 aliphatic carbocycles. The van der Waals surface area contributed by atoms with E-state index in [1.165, 1.54) is 24.8 Å². The van der Waals surface area contributed by atoms with Gasteiger partial charge in [-0.3, -0.25) is 0 Å². The molecule has 0 spiro atoms. The van der Waals surface area contributed by atoms with Gasteiger partial charge in [-0.25, -0.2) is 19.7 Å². The molecule has 0 saturated carbocycles. The van der Waals surface area contributed by atoms with E-state index in [1.807, 2.05) is 30.3 Å². The van der Waals surface area contributed by atoms with Gasteiger partial charge in [0, 0.05) is 7.05 Å². The van der Waals surface area contributed by atoms with Crippen LogP contribution >= 0.6 is 11.3 Å². The number of carbonyl (C=O) groups is 1. The smallest absolute Gasteiger partial charge is 0.339 e. The molecule has 4 aromatic rings. The Kier molecular flexibility index (Phi) is 4.96. The molecule has 146 valence electrons. The predicted octanol–water partition coefficient (Wildman–Crippen LogP) is 3.97. The highest BCUT2D eigenvalue weighted by atomic mass is 32.1. The van der Waals surface area contributed by atoms with E-state index in [0.29, 0.717) is 33.7 Å². The van der Waals surface area contributed by atoms with Crippen molar-refractivity contribution >= 4 is 55.7 Å². The number of nitrogens with one attached hydrogen (secondary N) is 1. The summed E-state index contributed by atoms with van der Waals surface area (Å²) < 4.78 is 5.94. The molecule has 2 aromatic carbocycles. The molecule has 2 heterocycles. The topological polar surface area (TPSA) is 106 Å². The molecular formula is C20H18N6O2S. The molecule has 0 bridgehead atoms. The fourth-order valence-electron chi connectivity index (χ4n) is 2.94. The number of methoxy groups -OCH3 is 1. The number of esters is 1. The van der Waals surface area contributed by atoms with E-state index in [2.05, 4.69) is 20.3 Å². The highest BCUT2D eigenvalue weighted by molar-refractivity contribution is 7.22. The number of nitrogens with two attached hydrogens (primary N) is 1. The van der Waals surface area contributed by atoms with Gasteiger partial charge in [0.05, 0.1) is 28.6 Å². The van der Waals surface area contributed by atoms with E-state index < -0.39 is 5.97 Å². The van der Waals surface area contributed by atoms with Crippen LogP contribution in [0.2, 0.25) is 0 Å². The molecule has 4 rings (SSSR count). The number of nitrogens with zero attached hydrogens (tertiary/aromatic N) is 4. The molecule has 0 saturated heterocycles. The van der Waals surface area contributed by atoms with E-state index in [-0.39, 0.29) is 0 Å². The Morgan fingerprint density at radius 3 is 2.69 bits per heavy atom. The summed E-state index contributed by atoms with van der Waals surface area (Å²) in [5.41, 5.74) is 8.63. The lowest BCUT2D eigenvalue weighted by atomic mass is 10.1. The quantitative estimate of drug-likeness (QED) is 0.480. The van der Waals surface area contributed by atoms with Crippen molar-refractivity contribution in [2.75, 3.05) is 30.1 Å². The summed E-state index contributed by atoms with van der Waals surface area (Å²) in [5.74, 6) is 0.462. The third kappa shape index (κ3) is 3.55. The van der Waals surface area contributed by atoms with Crippen molar-refractivity contribution < 1.29 is 9.53 Å². The molecule has 0 atom stereocenters. The molecule has 3 N–H and O–H groups in total. The van der Waals surface area contributed by atoms with Crippen molar-refractivity contribution in [3.05, 3.63) is 60.4 Å². The van der Waals surface area contributed by atoms with Crippen LogP contribution in [0.15, 0.2) is 54.9 Å². The highest BCUT2D eigenvalue weighted by Crippen LogP contribution is 2.35. The number of rotatable bonds is 5. The molecule has 8 nitrogen and oxygen atoms in total. The van der Waals surface area contributed by atoms with E-state index in [0.717, 1.165) is 10.2 Å². The number of carbonyl (C=O) groups excluding carboxylic acids is 1. The number of fused-ring (bicyclic) bond motifs is 1. The lowest BCUT2D eigenvalue weighted by Gasteiger charge is -2.22. The monoisotopic (exact) mass is 406 g/mol. The van der Waals surface area contributed by atoms with Gasteiger partial charge in [-0.15, -0.1) is 0 Å². The van der Waals surface area contributed by atoms with E-state index >= 15 is 0 Å². The van der Waals surface area contributed by atoms with Crippen molar-refractivity contribution in [3.63, 3.8) is 0 Å². The zero-order chi connectivity index (χ0) is 20.4. The van der Waals surface area contributed by atoms with Gasteiger partial charge in [-0.2, -0.15) is 0 Å². The van der Waals surface area contributed by atoms with Gasteiger partial charge in [0.1, 0.15) is 12.0 Å². The van der Waals surface area contributed by atoms with E-state index in [9.17, 15) is 4.79 Å². The first kappa shape index (κ1) is 18.6. The lowest BCUT2D eigenvalue weighted by molar-refractivity contribution is 0.0601. The van der Waals surface area contributed by atoms with Gasteiger partial charge in [0.2, 0.25) is 0 Å². The molecule has 0 fully saturated rings. The van der Waals surface area contributed by atoms with E-state index in [4.69, 9.17) is 10.5 Å². The standard InChI is InChI=1S/C20H18N6O2S/c1-26(14-9-5-3-7-12(14)19(27)28-2)18-16(21)17(22-11-23-18)25-20-24-13-8-4-6-10-15(13)29-20/h3-11H,21H2,1-2H3,(H,22,23,24,25).